The van der Waals surface area contributed by atoms with Crippen molar-refractivity contribution < 1.29 is 38.0 Å². The van der Waals surface area contributed by atoms with E-state index in [1.807, 2.05) is 27.2 Å². The van der Waals surface area contributed by atoms with Crippen molar-refractivity contribution in [2.24, 2.45) is 0 Å². The first kappa shape index (κ1) is 56.4. The van der Waals surface area contributed by atoms with E-state index in [0.29, 0.717) is 36.7 Å². The molecule has 0 aromatic carbocycles. The molecule has 4 unspecified atom stereocenters. The Balaban J connectivity index is 4.63. The quantitative estimate of drug-likeness (QED) is 0.0243. The van der Waals surface area contributed by atoms with E-state index in [9.17, 15) is 24.5 Å². The molecule has 0 spiro atoms. The molecule has 3 N–H and O–H groups in total. The molecule has 9 nitrogen and oxygen atoms in total. The Morgan fingerprint density at radius 3 is 1.58 bits per heavy atom. The lowest BCUT2D eigenvalue weighted by atomic mass is 10.0. The molecule has 0 fully saturated rings. The Hall–Kier alpha value is -2.62. The molecular formula is C49H85N2O7P. The van der Waals surface area contributed by atoms with Gasteiger partial charge in [0.1, 0.15) is 19.3 Å². The van der Waals surface area contributed by atoms with E-state index < -0.39 is 32.7 Å². The van der Waals surface area contributed by atoms with E-state index in [1.165, 1.54) is 44.9 Å². The minimum atomic E-state index is -4.70. The second-order valence-electron chi connectivity index (χ2n) is 16.1. The Kier molecular flexibility index (Phi) is 37.8. The van der Waals surface area contributed by atoms with Gasteiger partial charge in [0.05, 0.1) is 39.9 Å². The molecule has 59 heavy (non-hydrogen) atoms. The standard InChI is InChI=1S/C49H85N2O7P/c1-6-8-10-12-14-16-18-20-21-22-23-24-25-26-27-28-29-30-32-34-36-38-40-42-48(53)50-46(45-58-59(55,56)57-44-43-51(3,4)5)49(54)47(52)41-39-37-35-33-31-19-17-15-13-11-9-7-2/h8,10,14,16,20-21,23-24,26-27,29-30,33-36,46-47,49,52,54H,6-7,9,11-13,15,17-19,22,25,28,31-32,37-45H2,1-5H3,(H-,50,53,55,56)/b10-8-,16-14-,21-20-,24-23-,27-26-,30-29-,35-33+,36-34-. The summed E-state index contributed by atoms with van der Waals surface area (Å²) in [6, 6.07) is -1.13. The van der Waals surface area contributed by atoms with Crippen molar-refractivity contribution in [3.63, 3.8) is 0 Å². The number of hydrogen-bond acceptors (Lipinski definition) is 7. The molecule has 0 saturated heterocycles. The number of carbonyl (C=O) groups excluding carboxylic acids is 1. The number of quaternary nitrogens is 1. The highest BCUT2D eigenvalue weighted by atomic mass is 31.2. The highest BCUT2D eigenvalue weighted by molar-refractivity contribution is 7.45. The minimum absolute atomic E-state index is 0.0629. The number of aliphatic hydroxyl groups is 2. The summed E-state index contributed by atoms with van der Waals surface area (Å²) < 4.78 is 23.1. The van der Waals surface area contributed by atoms with Crippen molar-refractivity contribution in [2.75, 3.05) is 40.9 Å². The van der Waals surface area contributed by atoms with Gasteiger partial charge in [-0.05, 0) is 89.9 Å². The third-order valence-electron chi connectivity index (χ3n) is 9.40. The van der Waals surface area contributed by atoms with E-state index in [0.717, 1.165) is 57.8 Å². The van der Waals surface area contributed by atoms with Crippen LogP contribution < -0.4 is 10.2 Å². The van der Waals surface area contributed by atoms with Gasteiger partial charge in [-0.1, -0.05) is 150 Å². The maximum atomic E-state index is 12.9. The minimum Gasteiger partial charge on any atom is -0.756 e. The Morgan fingerprint density at radius 1 is 0.627 bits per heavy atom. The lowest BCUT2D eigenvalue weighted by Crippen LogP contribution is -2.51. The number of amides is 1. The lowest BCUT2D eigenvalue weighted by Gasteiger charge is -2.31. The summed E-state index contributed by atoms with van der Waals surface area (Å²) in [6.45, 7) is 4.21. The molecule has 4 atom stereocenters. The molecule has 1 amide bonds. The number of likely N-dealkylation sites (N-methyl/N-ethyl adjacent to an activating group) is 1. The summed E-state index contributed by atoms with van der Waals surface area (Å²) in [7, 11) is 1.05. The zero-order valence-corrected chi connectivity index (χ0v) is 38.7. The van der Waals surface area contributed by atoms with Gasteiger partial charge < -0.3 is 34.0 Å². The van der Waals surface area contributed by atoms with Gasteiger partial charge in [0.15, 0.2) is 0 Å². The summed E-state index contributed by atoms with van der Waals surface area (Å²) in [5, 5.41) is 24.5. The van der Waals surface area contributed by atoms with Gasteiger partial charge in [-0.3, -0.25) is 9.36 Å². The summed E-state index contributed by atoms with van der Waals surface area (Å²) in [4.78, 5) is 25.3. The summed E-state index contributed by atoms with van der Waals surface area (Å²) >= 11 is 0. The van der Waals surface area contributed by atoms with Crippen LogP contribution in [0.5, 0.6) is 0 Å². The van der Waals surface area contributed by atoms with Crippen molar-refractivity contribution in [1.29, 1.82) is 0 Å². The topological polar surface area (TPSA) is 128 Å². The molecule has 0 saturated carbocycles. The number of rotatable bonds is 39. The van der Waals surface area contributed by atoms with Crippen LogP contribution in [-0.4, -0.2) is 79.8 Å². The lowest BCUT2D eigenvalue weighted by molar-refractivity contribution is -0.870. The molecule has 0 aromatic rings. The van der Waals surface area contributed by atoms with Crippen LogP contribution in [0.1, 0.15) is 149 Å². The van der Waals surface area contributed by atoms with Crippen molar-refractivity contribution in [1.82, 2.24) is 5.32 Å². The zero-order chi connectivity index (χ0) is 43.7. The van der Waals surface area contributed by atoms with E-state index in [-0.39, 0.29) is 18.9 Å². The van der Waals surface area contributed by atoms with E-state index in [2.05, 4.69) is 110 Å². The predicted molar refractivity (Wildman–Crippen MR) is 248 cm³/mol. The van der Waals surface area contributed by atoms with Gasteiger partial charge in [0, 0.05) is 6.42 Å². The maximum absolute atomic E-state index is 12.9. The second-order valence-corrected chi connectivity index (χ2v) is 17.6. The van der Waals surface area contributed by atoms with Gasteiger partial charge in [-0.25, -0.2) is 0 Å². The van der Waals surface area contributed by atoms with Crippen LogP contribution in [0, 0.1) is 0 Å². The first-order valence-corrected chi connectivity index (χ1v) is 24.1. The van der Waals surface area contributed by atoms with Crippen molar-refractivity contribution in [3.05, 3.63) is 97.2 Å². The maximum Gasteiger partial charge on any atom is 0.268 e. The highest BCUT2D eigenvalue weighted by Crippen LogP contribution is 2.38. The van der Waals surface area contributed by atoms with Gasteiger partial charge in [0.2, 0.25) is 5.91 Å². The van der Waals surface area contributed by atoms with Crippen LogP contribution >= 0.6 is 7.82 Å². The van der Waals surface area contributed by atoms with Gasteiger partial charge in [-0.2, -0.15) is 0 Å². The van der Waals surface area contributed by atoms with Gasteiger partial charge in [-0.15, -0.1) is 0 Å². The number of aliphatic hydroxyl groups excluding tert-OH is 2. The van der Waals surface area contributed by atoms with Crippen molar-refractivity contribution >= 4 is 13.7 Å². The Morgan fingerprint density at radius 2 is 1.07 bits per heavy atom. The molecule has 0 aliphatic carbocycles. The van der Waals surface area contributed by atoms with Crippen LogP contribution in [0.15, 0.2) is 97.2 Å². The molecule has 0 bridgehead atoms. The SMILES string of the molecule is CC/C=C\C/C=C\C/C=C\C/C=C\C/C=C\C/C=C\C/C=C\CCCC(=O)NC(COP(=O)([O-])OCC[N+](C)(C)C)C(O)C(O)CCC/C=C/CCCCCCCCC. The van der Waals surface area contributed by atoms with E-state index in [1.54, 1.807) is 0 Å². The molecule has 0 heterocycles. The average molecular weight is 845 g/mol. The average Bonchev–Trinajstić information content (AvgIpc) is 3.19. The van der Waals surface area contributed by atoms with E-state index >= 15 is 0 Å². The van der Waals surface area contributed by atoms with Crippen LogP contribution in [0.3, 0.4) is 0 Å². The van der Waals surface area contributed by atoms with Crippen LogP contribution in [-0.2, 0) is 18.4 Å². The Bertz CT molecular complexity index is 1300. The molecule has 10 heteroatoms. The largest absolute Gasteiger partial charge is 0.756 e. The molecule has 338 valence electrons. The smallest absolute Gasteiger partial charge is 0.268 e. The van der Waals surface area contributed by atoms with Gasteiger partial charge >= 0.3 is 0 Å². The fraction of sp³-hybridized carbons (Fsp3) is 0.653. The number of unbranched alkanes of at least 4 members (excludes halogenated alkanes) is 9. The van der Waals surface area contributed by atoms with Crippen LogP contribution in [0.25, 0.3) is 0 Å². The third-order valence-corrected chi connectivity index (χ3v) is 10.4. The van der Waals surface area contributed by atoms with Crippen LogP contribution in [0.4, 0.5) is 0 Å². The Labute approximate surface area is 361 Å². The number of nitrogens with zero attached hydrogens (tertiary/aromatic N) is 1. The molecule has 0 aliphatic rings. The molecule has 0 radical (unpaired) electrons. The molecular weight excluding hydrogens is 760 g/mol. The first-order chi connectivity index (χ1) is 28.4. The fourth-order valence-electron chi connectivity index (χ4n) is 5.77. The molecule has 0 rings (SSSR count). The van der Waals surface area contributed by atoms with Crippen molar-refractivity contribution in [2.45, 2.75) is 167 Å². The summed E-state index contributed by atoms with van der Waals surface area (Å²) in [6.07, 6.45) is 51.7. The number of phosphoric ester groups is 1. The molecule has 0 aliphatic heterocycles. The van der Waals surface area contributed by atoms with E-state index in [4.69, 9.17) is 9.05 Å². The number of nitrogens with one attached hydrogen (secondary N) is 1. The molecule has 0 aromatic heterocycles. The fourth-order valence-corrected chi connectivity index (χ4v) is 6.49. The number of hydrogen-bond donors (Lipinski definition) is 3. The third kappa shape index (κ3) is 40.6. The zero-order valence-electron chi connectivity index (χ0n) is 37.8. The number of allylic oxidation sites excluding steroid dienone is 16. The highest BCUT2D eigenvalue weighted by Gasteiger charge is 2.29. The monoisotopic (exact) mass is 845 g/mol. The van der Waals surface area contributed by atoms with Crippen LogP contribution in [0.2, 0.25) is 0 Å². The second kappa shape index (κ2) is 39.5. The summed E-state index contributed by atoms with van der Waals surface area (Å²) in [5.41, 5.74) is 0. The number of carbonyl (C=O) groups is 1. The summed E-state index contributed by atoms with van der Waals surface area (Å²) in [5.74, 6) is -0.352. The number of phosphoric acid groups is 1. The van der Waals surface area contributed by atoms with Crippen molar-refractivity contribution in [3.8, 4) is 0 Å². The van der Waals surface area contributed by atoms with Gasteiger partial charge in [0.25, 0.3) is 7.82 Å². The predicted octanol–water partition coefficient (Wildman–Crippen LogP) is 11.1. The first-order valence-electron chi connectivity index (χ1n) is 22.7. The normalized spacial score (nSPS) is 15.7.